The molecule has 0 fully saturated rings. The highest BCUT2D eigenvalue weighted by Gasteiger charge is 2.20. The second-order valence-electron chi connectivity index (χ2n) is 4.88. The van der Waals surface area contributed by atoms with Crippen LogP contribution in [0.3, 0.4) is 0 Å². The molecule has 1 amide bonds. The largest absolute Gasteiger partial charge is 0.481 e. The zero-order chi connectivity index (χ0) is 13.7. The summed E-state index contributed by atoms with van der Waals surface area (Å²) in [5.74, 6) is -0.806. The summed E-state index contributed by atoms with van der Waals surface area (Å²) in [5, 5.41) is 8.61. The van der Waals surface area contributed by atoms with Gasteiger partial charge >= 0.3 is 5.97 Å². The molecule has 0 unspecified atom stereocenters. The number of benzene rings is 1. The highest BCUT2D eigenvalue weighted by atomic mass is 16.4. The number of anilines is 1. The molecule has 102 valence electrons. The topological polar surface area (TPSA) is 57.6 Å². The number of aryl methyl sites for hydroxylation is 1. The molecule has 0 aliphatic carbocycles. The Morgan fingerprint density at radius 1 is 1.16 bits per heavy atom. The fourth-order valence-electron chi connectivity index (χ4n) is 2.48. The minimum Gasteiger partial charge on any atom is -0.481 e. The van der Waals surface area contributed by atoms with Gasteiger partial charge in [-0.1, -0.05) is 18.2 Å². The summed E-state index contributed by atoms with van der Waals surface area (Å²) >= 11 is 0. The van der Waals surface area contributed by atoms with E-state index in [-0.39, 0.29) is 12.3 Å². The van der Waals surface area contributed by atoms with Crippen molar-refractivity contribution in [1.29, 1.82) is 0 Å². The number of rotatable bonds is 4. The van der Waals surface area contributed by atoms with E-state index in [1.807, 2.05) is 23.1 Å². The van der Waals surface area contributed by atoms with Gasteiger partial charge in [0.15, 0.2) is 0 Å². The van der Waals surface area contributed by atoms with Crippen LogP contribution in [-0.2, 0) is 16.0 Å². The van der Waals surface area contributed by atoms with Gasteiger partial charge in [-0.15, -0.1) is 0 Å². The van der Waals surface area contributed by atoms with Crippen LogP contribution < -0.4 is 4.90 Å². The maximum Gasteiger partial charge on any atom is 0.303 e. The second kappa shape index (κ2) is 6.36. The van der Waals surface area contributed by atoms with Gasteiger partial charge < -0.3 is 10.0 Å². The molecule has 1 aliphatic rings. The second-order valence-corrected chi connectivity index (χ2v) is 4.88. The van der Waals surface area contributed by atoms with E-state index < -0.39 is 5.97 Å². The molecular weight excluding hydrogens is 242 g/mol. The van der Waals surface area contributed by atoms with Crippen LogP contribution >= 0.6 is 0 Å². The molecule has 4 heteroatoms. The molecule has 0 bridgehead atoms. The van der Waals surface area contributed by atoms with Crippen molar-refractivity contribution in [1.82, 2.24) is 0 Å². The molecule has 0 atom stereocenters. The minimum atomic E-state index is -0.843. The van der Waals surface area contributed by atoms with Crippen molar-refractivity contribution in [3.63, 3.8) is 0 Å². The van der Waals surface area contributed by atoms with Gasteiger partial charge in [0.2, 0.25) is 5.91 Å². The van der Waals surface area contributed by atoms with Gasteiger partial charge in [-0.25, -0.2) is 0 Å². The summed E-state index contributed by atoms with van der Waals surface area (Å²) < 4.78 is 0. The van der Waals surface area contributed by atoms with Gasteiger partial charge in [0.25, 0.3) is 0 Å². The Kier molecular flexibility index (Phi) is 4.55. The summed E-state index contributed by atoms with van der Waals surface area (Å²) in [6, 6.07) is 7.99. The first-order valence-corrected chi connectivity index (χ1v) is 6.78. The number of fused-ring (bicyclic) bond motifs is 1. The Labute approximate surface area is 113 Å². The lowest BCUT2D eigenvalue weighted by Gasteiger charge is -2.22. The molecule has 0 aromatic heterocycles. The van der Waals surface area contributed by atoms with Crippen LogP contribution in [0.25, 0.3) is 0 Å². The molecule has 1 heterocycles. The number of hydrogen-bond donors (Lipinski definition) is 1. The number of carboxylic acid groups (broad SMARTS) is 1. The normalized spacial score (nSPS) is 14.6. The fraction of sp³-hybridized carbons (Fsp3) is 0.467. The summed E-state index contributed by atoms with van der Waals surface area (Å²) in [6.45, 7) is 0.739. The summed E-state index contributed by atoms with van der Waals surface area (Å²) in [6.07, 6.45) is 3.87. The van der Waals surface area contributed by atoms with Crippen LogP contribution in [0.2, 0.25) is 0 Å². The van der Waals surface area contributed by atoms with E-state index in [0.29, 0.717) is 12.8 Å². The predicted octanol–water partition coefficient (Wildman–Crippen LogP) is 2.61. The number of hydrogen-bond acceptors (Lipinski definition) is 2. The van der Waals surface area contributed by atoms with Gasteiger partial charge in [0.05, 0.1) is 0 Å². The highest BCUT2D eigenvalue weighted by Crippen LogP contribution is 2.26. The van der Waals surface area contributed by atoms with E-state index in [1.165, 1.54) is 5.56 Å². The first kappa shape index (κ1) is 13.6. The van der Waals surface area contributed by atoms with Crippen molar-refractivity contribution in [2.45, 2.75) is 38.5 Å². The number of carboxylic acids is 1. The standard InChI is InChI=1S/C15H19NO3/c17-14(9-5-10-15(18)19)16-11-4-3-7-12-6-1-2-8-13(12)16/h1-2,6,8H,3-5,7,9-11H2,(H,18,19). The van der Waals surface area contributed by atoms with Crippen LogP contribution in [0.4, 0.5) is 5.69 Å². The van der Waals surface area contributed by atoms with Crippen LogP contribution in [0.1, 0.15) is 37.7 Å². The van der Waals surface area contributed by atoms with Crippen molar-refractivity contribution in [3.8, 4) is 0 Å². The highest BCUT2D eigenvalue weighted by molar-refractivity contribution is 5.94. The Hall–Kier alpha value is -1.84. The number of para-hydroxylation sites is 1. The van der Waals surface area contributed by atoms with Crippen molar-refractivity contribution in [2.24, 2.45) is 0 Å². The van der Waals surface area contributed by atoms with Crippen molar-refractivity contribution in [2.75, 3.05) is 11.4 Å². The summed E-state index contributed by atoms with van der Waals surface area (Å²) in [4.78, 5) is 24.5. The monoisotopic (exact) mass is 261 g/mol. The maximum absolute atomic E-state index is 12.2. The molecule has 0 saturated carbocycles. The van der Waals surface area contributed by atoms with Crippen molar-refractivity contribution >= 4 is 17.6 Å². The van der Waals surface area contributed by atoms with Crippen molar-refractivity contribution < 1.29 is 14.7 Å². The molecule has 1 aromatic carbocycles. The lowest BCUT2D eigenvalue weighted by atomic mass is 10.1. The molecule has 0 spiro atoms. The van der Waals surface area contributed by atoms with E-state index in [4.69, 9.17) is 5.11 Å². The van der Waals surface area contributed by atoms with E-state index in [0.717, 1.165) is 31.5 Å². The molecule has 4 nitrogen and oxygen atoms in total. The first-order valence-electron chi connectivity index (χ1n) is 6.78. The third-order valence-corrected chi connectivity index (χ3v) is 3.44. The number of carbonyl (C=O) groups is 2. The summed E-state index contributed by atoms with van der Waals surface area (Å²) in [7, 11) is 0. The Bertz CT molecular complexity index is 470. The zero-order valence-corrected chi connectivity index (χ0v) is 11.0. The summed E-state index contributed by atoms with van der Waals surface area (Å²) in [5.41, 5.74) is 2.21. The number of amides is 1. The predicted molar refractivity (Wildman–Crippen MR) is 73.2 cm³/mol. The lowest BCUT2D eigenvalue weighted by Crippen LogP contribution is -2.31. The molecule has 1 aliphatic heterocycles. The SMILES string of the molecule is O=C(O)CCCC(=O)N1CCCCc2ccccc21. The maximum atomic E-state index is 12.2. The molecule has 0 radical (unpaired) electrons. The van der Waals surface area contributed by atoms with Crippen LogP contribution in [0.15, 0.2) is 24.3 Å². The van der Waals surface area contributed by atoms with Crippen LogP contribution in [0, 0.1) is 0 Å². The van der Waals surface area contributed by atoms with Gasteiger partial charge in [-0.2, -0.15) is 0 Å². The quantitative estimate of drug-likeness (QED) is 0.906. The Balaban J connectivity index is 2.06. The van der Waals surface area contributed by atoms with Gasteiger partial charge in [0.1, 0.15) is 0 Å². The van der Waals surface area contributed by atoms with E-state index in [1.54, 1.807) is 0 Å². The van der Waals surface area contributed by atoms with Gasteiger partial charge in [-0.3, -0.25) is 9.59 Å². The zero-order valence-electron chi connectivity index (χ0n) is 11.0. The minimum absolute atomic E-state index is 0.0376. The number of aliphatic carboxylic acids is 1. The number of carbonyl (C=O) groups excluding carboxylic acids is 1. The Morgan fingerprint density at radius 3 is 2.74 bits per heavy atom. The Morgan fingerprint density at radius 2 is 1.95 bits per heavy atom. The van der Waals surface area contributed by atoms with E-state index in [2.05, 4.69) is 6.07 Å². The van der Waals surface area contributed by atoms with Gasteiger partial charge in [0, 0.05) is 25.1 Å². The van der Waals surface area contributed by atoms with Crippen molar-refractivity contribution in [3.05, 3.63) is 29.8 Å². The van der Waals surface area contributed by atoms with E-state index in [9.17, 15) is 9.59 Å². The molecule has 1 aromatic rings. The molecular formula is C15H19NO3. The van der Waals surface area contributed by atoms with Crippen LogP contribution in [0.5, 0.6) is 0 Å². The first-order chi connectivity index (χ1) is 9.18. The lowest BCUT2D eigenvalue weighted by molar-refractivity contribution is -0.137. The van der Waals surface area contributed by atoms with E-state index >= 15 is 0 Å². The third kappa shape index (κ3) is 3.56. The molecule has 0 saturated heterocycles. The smallest absolute Gasteiger partial charge is 0.303 e. The molecule has 19 heavy (non-hydrogen) atoms. The average Bonchev–Trinajstić information content (AvgIpc) is 2.60. The van der Waals surface area contributed by atoms with Gasteiger partial charge in [-0.05, 0) is 37.3 Å². The third-order valence-electron chi connectivity index (χ3n) is 3.44. The fourth-order valence-corrected chi connectivity index (χ4v) is 2.48. The van der Waals surface area contributed by atoms with Crippen LogP contribution in [-0.4, -0.2) is 23.5 Å². The molecule has 1 N–H and O–H groups in total. The average molecular weight is 261 g/mol. The molecule has 2 rings (SSSR count). The number of nitrogens with zero attached hydrogens (tertiary/aromatic N) is 1.